The first kappa shape index (κ1) is 21.6. The highest BCUT2D eigenvalue weighted by molar-refractivity contribution is 6.07. The Labute approximate surface area is 182 Å². The highest BCUT2D eigenvalue weighted by atomic mass is 19.4. The summed E-state index contributed by atoms with van der Waals surface area (Å²) in [6, 6.07) is 12.5. The van der Waals surface area contributed by atoms with E-state index in [-0.39, 0.29) is 24.5 Å². The second kappa shape index (κ2) is 8.51. The van der Waals surface area contributed by atoms with Crippen molar-refractivity contribution in [2.24, 2.45) is 0 Å². The van der Waals surface area contributed by atoms with Gasteiger partial charge in [0.15, 0.2) is 5.75 Å². The minimum absolute atomic E-state index is 0.129. The van der Waals surface area contributed by atoms with Gasteiger partial charge in [0.25, 0.3) is 5.91 Å². The first-order valence-electron chi connectivity index (χ1n) is 9.85. The SMILES string of the molecule is Cc1cccnc1N1c2cccc(C(=O)Nc3ccc(C(F)(F)F)cc3)c2OC[C@@H]1CO. The van der Waals surface area contributed by atoms with Gasteiger partial charge in [-0.05, 0) is 55.0 Å². The molecule has 0 aliphatic carbocycles. The van der Waals surface area contributed by atoms with Crippen molar-refractivity contribution in [3.05, 3.63) is 77.5 Å². The largest absolute Gasteiger partial charge is 0.488 e. The molecule has 0 unspecified atom stereocenters. The van der Waals surface area contributed by atoms with E-state index >= 15 is 0 Å². The Bertz CT molecular complexity index is 1130. The number of para-hydroxylation sites is 1. The van der Waals surface area contributed by atoms with Crippen molar-refractivity contribution < 1.29 is 27.8 Å². The number of aryl methyl sites for hydroxylation is 1. The maximum atomic E-state index is 12.9. The number of amides is 1. The predicted octanol–water partition coefficient (Wildman–Crippen LogP) is 4.55. The molecule has 4 rings (SSSR count). The fourth-order valence-corrected chi connectivity index (χ4v) is 3.59. The van der Waals surface area contributed by atoms with Gasteiger partial charge in [0.2, 0.25) is 0 Å². The van der Waals surface area contributed by atoms with Crippen LogP contribution in [0.25, 0.3) is 0 Å². The summed E-state index contributed by atoms with van der Waals surface area (Å²) in [7, 11) is 0. The Hall–Kier alpha value is -3.59. The number of pyridine rings is 1. The number of alkyl halides is 3. The number of aliphatic hydroxyl groups excluding tert-OH is 1. The molecule has 0 fully saturated rings. The lowest BCUT2D eigenvalue weighted by Gasteiger charge is -2.38. The van der Waals surface area contributed by atoms with Crippen molar-refractivity contribution in [2.75, 3.05) is 23.4 Å². The topological polar surface area (TPSA) is 74.7 Å². The number of carbonyl (C=O) groups excluding carboxylic acids is 1. The summed E-state index contributed by atoms with van der Waals surface area (Å²) in [5.74, 6) is 0.421. The number of ether oxygens (including phenoxy) is 1. The maximum Gasteiger partial charge on any atom is 0.416 e. The van der Waals surface area contributed by atoms with Gasteiger partial charge in [-0.25, -0.2) is 4.98 Å². The van der Waals surface area contributed by atoms with Crippen LogP contribution in [-0.2, 0) is 6.18 Å². The number of anilines is 3. The Kier molecular flexibility index (Phi) is 5.75. The monoisotopic (exact) mass is 443 g/mol. The van der Waals surface area contributed by atoms with Crippen LogP contribution in [-0.4, -0.2) is 35.3 Å². The molecule has 0 spiro atoms. The van der Waals surface area contributed by atoms with E-state index in [1.165, 1.54) is 12.1 Å². The minimum Gasteiger partial charge on any atom is -0.488 e. The Morgan fingerprint density at radius 1 is 1.19 bits per heavy atom. The van der Waals surface area contributed by atoms with E-state index in [0.717, 1.165) is 17.7 Å². The number of halogens is 3. The molecular weight excluding hydrogens is 423 g/mol. The van der Waals surface area contributed by atoms with Gasteiger partial charge in [0.1, 0.15) is 12.4 Å². The van der Waals surface area contributed by atoms with Crippen LogP contribution in [0.1, 0.15) is 21.5 Å². The van der Waals surface area contributed by atoms with Gasteiger partial charge in [0, 0.05) is 11.9 Å². The van der Waals surface area contributed by atoms with Crippen molar-refractivity contribution in [3.8, 4) is 5.75 Å². The highest BCUT2D eigenvalue weighted by Gasteiger charge is 2.33. The number of hydrogen-bond acceptors (Lipinski definition) is 5. The van der Waals surface area contributed by atoms with Crippen LogP contribution in [0.4, 0.5) is 30.4 Å². The third kappa shape index (κ3) is 4.11. The predicted molar refractivity (Wildman–Crippen MR) is 113 cm³/mol. The van der Waals surface area contributed by atoms with Crippen molar-refractivity contribution in [3.63, 3.8) is 0 Å². The fourth-order valence-electron chi connectivity index (χ4n) is 3.59. The zero-order valence-corrected chi connectivity index (χ0v) is 17.1. The van der Waals surface area contributed by atoms with Crippen molar-refractivity contribution in [1.29, 1.82) is 0 Å². The zero-order chi connectivity index (χ0) is 22.9. The lowest BCUT2D eigenvalue weighted by molar-refractivity contribution is -0.137. The number of nitrogens with zero attached hydrogens (tertiary/aromatic N) is 2. The van der Waals surface area contributed by atoms with E-state index in [9.17, 15) is 23.1 Å². The first-order chi connectivity index (χ1) is 15.3. The van der Waals surface area contributed by atoms with E-state index in [4.69, 9.17) is 4.74 Å². The number of aliphatic hydroxyl groups is 1. The van der Waals surface area contributed by atoms with Gasteiger partial charge in [-0.1, -0.05) is 12.1 Å². The van der Waals surface area contributed by atoms with E-state index in [1.54, 1.807) is 24.4 Å². The normalized spacial score (nSPS) is 15.7. The molecule has 2 heterocycles. The number of hydrogen-bond donors (Lipinski definition) is 2. The summed E-state index contributed by atoms with van der Waals surface area (Å²) < 4.78 is 44.1. The molecule has 0 saturated carbocycles. The molecule has 32 heavy (non-hydrogen) atoms. The van der Waals surface area contributed by atoms with Gasteiger partial charge in [-0.2, -0.15) is 13.2 Å². The summed E-state index contributed by atoms with van der Waals surface area (Å²) >= 11 is 0. The summed E-state index contributed by atoms with van der Waals surface area (Å²) in [5, 5.41) is 12.5. The zero-order valence-electron chi connectivity index (χ0n) is 17.1. The average molecular weight is 443 g/mol. The minimum atomic E-state index is -4.45. The molecule has 9 heteroatoms. The molecule has 1 atom stereocenters. The fraction of sp³-hybridized carbons (Fsp3) is 0.217. The van der Waals surface area contributed by atoms with Gasteiger partial charge in [-0.3, -0.25) is 4.79 Å². The average Bonchev–Trinajstić information content (AvgIpc) is 2.78. The molecule has 2 aromatic carbocycles. The van der Waals surface area contributed by atoms with Crippen LogP contribution in [0.3, 0.4) is 0 Å². The molecule has 0 radical (unpaired) electrons. The quantitative estimate of drug-likeness (QED) is 0.619. The molecule has 1 aliphatic heterocycles. The number of benzene rings is 2. The molecule has 1 aromatic heterocycles. The lowest BCUT2D eigenvalue weighted by Crippen LogP contribution is -2.43. The molecule has 0 saturated heterocycles. The van der Waals surface area contributed by atoms with Crippen molar-refractivity contribution in [1.82, 2.24) is 4.98 Å². The summed E-state index contributed by atoms with van der Waals surface area (Å²) in [4.78, 5) is 19.2. The van der Waals surface area contributed by atoms with E-state index in [2.05, 4.69) is 10.3 Å². The lowest BCUT2D eigenvalue weighted by atomic mass is 10.1. The molecule has 1 aliphatic rings. The number of nitrogens with one attached hydrogen (secondary N) is 1. The Morgan fingerprint density at radius 2 is 1.94 bits per heavy atom. The first-order valence-corrected chi connectivity index (χ1v) is 9.85. The second-order valence-electron chi connectivity index (χ2n) is 7.34. The third-order valence-corrected chi connectivity index (χ3v) is 5.17. The molecule has 6 nitrogen and oxygen atoms in total. The van der Waals surface area contributed by atoms with E-state index in [1.807, 2.05) is 24.0 Å². The van der Waals surface area contributed by atoms with Crippen LogP contribution < -0.4 is 15.0 Å². The van der Waals surface area contributed by atoms with Crippen LogP contribution in [0.2, 0.25) is 0 Å². The van der Waals surface area contributed by atoms with Crippen LogP contribution in [0.15, 0.2) is 60.8 Å². The number of aromatic nitrogens is 1. The molecule has 3 aromatic rings. The van der Waals surface area contributed by atoms with Crippen LogP contribution in [0, 0.1) is 6.92 Å². The molecular formula is C23H20F3N3O3. The Balaban J connectivity index is 1.67. The number of carbonyl (C=O) groups is 1. The van der Waals surface area contributed by atoms with Gasteiger partial charge >= 0.3 is 6.18 Å². The van der Waals surface area contributed by atoms with Gasteiger partial charge in [-0.15, -0.1) is 0 Å². The smallest absolute Gasteiger partial charge is 0.416 e. The van der Waals surface area contributed by atoms with Crippen LogP contribution in [0.5, 0.6) is 5.75 Å². The molecule has 166 valence electrons. The van der Waals surface area contributed by atoms with Crippen molar-refractivity contribution in [2.45, 2.75) is 19.1 Å². The Morgan fingerprint density at radius 3 is 2.59 bits per heavy atom. The molecule has 1 amide bonds. The second-order valence-corrected chi connectivity index (χ2v) is 7.34. The summed E-state index contributed by atoms with van der Waals surface area (Å²) in [6.45, 7) is 1.84. The highest BCUT2D eigenvalue weighted by Crippen LogP contribution is 2.41. The summed E-state index contributed by atoms with van der Waals surface area (Å²) in [6.07, 6.45) is -2.81. The van der Waals surface area contributed by atoms with E-state index < -0.39 is 23.7 Å². The van der Waals surface area contributed by atoms with E-state index in [0.29, 0.717) is 17.3 Å². The maximum absolute atomic E-state index is 12.9. The third-order valence-electron chi connectivity index (χ3n) is 5.17. The number of fused-ring (bicyclic) bond motifs is 1. The summed E-state index contributed by atoms with van der Waals surface area (Å²) in [5.41, 5.74) is 1.10. The van der Waals surface area contributed by atoms with Crippen molar-refractivity contribution >= 4 is 23.1 Å². The molecule has 0 bridgehead atoms. The van der Waals surface area contributed by atoms with Gasteiger partial charge in [0.05, 0.1) is 29.5 Å². The van der Waals surface area contributed by atoms with Gasteiger partial charge < -0.3 is 20.1 Å². The standard InChI is InChI=1S/C23H20F3N3O3/c1-14-4-3-11-27-21(14)29-17(12-30)13-32-20-18(5-2-6-19(20)29)22(31)28-16-9-7-15(8-10-16)23(24,25)26/h2-11,17,30H,12-13H2,1H3,(H,28,31)/t17-/m0/s1. The molecule has 2 N–H and O–H groups in total. The van der Waals surface area contributed by atoms with Crippen LogP contribution >= 0.6 is 0 Å². The number of rotatable bonds is 4.